The summed E-state index contributed by atoms with van der Waals surface area (Å²) in [5.41, 5.74) is 0. The van der Waals surface area contributed by atoms with E-state index in [1.807, 2.05) is 0 Å². The van der Waals surface area contributed by atoms with Gasteiger partial charge in [0, 0.05) is 19.7 Å². The van der Waals surface area contributed by atoms with Crippen molar-refractivity contribution < 1.29 is 19.1 Å². The van der Waals surface area contributed by atoms with Gasteiger partial charge in [-0.25, -0.2) is 0 Å². The van der Waals surface area contributed by atoms with Crippen molar-refractivity contribution in [2.75, 3.05) is 13.9 Å². The predicted octanol–water partition coefficient (Wildman–Crippen LogP) is 3.40. The molecule has 0 spiro atoms. The number of hydrogen-bond acceptors (Lipinski definition) is 5. The molecule has 118 valence electrons. The second kappa shape index (κ2) is 8.56. The maximum atomic E-state index is 8.64. The SMILES string of the molecule is C=C[C@H](OCOC)[C@@H](C/C=N/O)O[Si](C)(C)C(C)(C)C. The lowest BCUT2D eigenvalue weighted by atomic mass is 10.1. The van der Waals surface area contributed by atoms with E-state index in [1.165, 1.54) is 6.21 Å². The van der Waals surface area contributed by atoms with Crippen molar-refractivity contribution in [1.29, 1.82) is 0 Å². The van der Waals surface area contributed by atoms with E-state index in [1.54, 1.807) is 13.2 Å². The molecule has 0 fully saturated rings. The number of hydrogen-bond donors (Lipinski definition) is 1. The fourth-order valence-electron chi connectivity index (χ4n) is 1.43. The third-order valence-corrected chi connectivity index (χ3v) is 8.15. The zero-order chi connectivity index (χ0) is 15.8. The summed E-state index contributed by atoms with van der Waals surface area (Å²) in [5, 5.41) is 11.8. The fourth-order valence-corrected chi connectivity index (χ4v) is 2.77. The molecule has 5 nitrogen and oxygen atoms in total. The van der Waals surface area contributed by atoms with Crippen molar-refractivity contribution in [1.82, 2.24) is 0 Å². The molecule has 0 saturated heterocycles. The molecule has 0 bridgehead atoms. The number of nitrogens with zero attached hydrogens (tertiary/aromatic N) is 1. The van der Waals surface area contributed by atoms with Crippen molar-refractivity contribution in [2.45, 2.75) is 57.5 Å². The molecule has 0 unspecified atom stereocenters. The van der Waals surface area contributed by atoms with Crippen LogP contribution in [-0.4, -0.2) is 45.8 Å². The van der Waals surface area contributed by atoms with Gasteiger partial charge in [0.25, 0.3) is 0 Å². The highest BCUT2D eigenvalue weighted by Gasteiger charge is 2.40. The lowest BCUT2D eigenvalue weighted by Crippen LogP contribution is -2.47. The van der Waals surface area contributed by atoms with Gasteiger partial charge in [-0.05, 0) is 18.1 Å². The van der Waals surface area contributed by atoms with E-state index in [4.69, 9.17) is 19.1 Å². The van der Waals surface area contributed by atoms with Crippen LogP contribution in [0.4, 0.5) is 0 Å². The number of oxime groups is 1. The van der Waals surface area contributed by atoms with E-state index in [2.05, 4.69) is 45.6 Å². The summed E-state index contributed by atoms with van der Waals surface area (Å²) in [7, 11) is -0.380. The molecular weight excluding hydrogens is 274 g/mol. The van der Waals surface area contributed by atoms with Gasteiger partial charge in [0.15, 0.2) is 8.32 Å². The van der Waals surface area contributed by atoms with Crippen LogP contribution in [0.2, 0.25) is 18.1 Å². The summed E-state index contributed by atoms with van der Waals surface area (Å²) >= 11 is 0. The van der Waals surface area contributed by atoms with Crippen molar-refractivity contribution in [3.8, 4) is 0 Å². The van der Waals surface area contributed by atoms with E-state index in [-0.39, 0.29) is 24.0 Å². The smallest absolute Gasteiger partial charge is 0.192 e. The van der Waals surface area contributed by atoms with E-state index < -0.39 is 8.32 Å². The highest BCUT2D eigenvalue weighted by Crippen LogP contribution is 2.38. The Morgan fingerprint density at radius 1 is 1.35 bits per heavy atom. The van der Waals surface area contributed by atoms with Crippen LogP contribution in [0.1, 0.15) is 27.2 Å². The highest BCUT2D eigenvalue weighted by molar-refractivity contribution is 6.74. The largest absolute Gasteiger partial charge is 0.411 e. The van der Waals surface area contributed by atoms with Gasteiger partial charge in [0.05, 0.1) is 6.10 Å². The molecule has 0 aliphatic heterocycles. The normalized spacial score (nSPS) is 16.3. The van der Waals surface area contributed by atoms with Crippen LogP contribution in [0.3, 0.4) is 0 Å². The highest BCUT2D eigenvalue weighted by atomic mass is 28.4. The molecular formula is C14H29NO4Si. The predicted molar refractivity (Wildman–Crippen MR) is 83.9 cm³/mol. The summed E-state index contributed by atoms with van der Waals surface area (Å²) in [4.78, 5) is 0. The number of methoxy groups -OCH3 is 1. The molecule has 0 heterocycles. The van der Waals surface area contributed by atoms with Crippen molar-refractivity contribution in [3.05, 3.63) is 12.7 Å². The van der Waals surface area contributed by atoms with Gasteiger partial charge >= 0.3 is 0 Å². The molecule has 0 aliphatic carbocycles. The van der Waals surface area contributed by atoms with Crippen LogP contribution in [0.15, 0.2) is 17.8 Å². The molecule has 1 N–H and O–H groups in total. The first kappa shape index (κ1) is 19.3. The number of rotatable bonds is 9. The molecule has 20 heavy (non-hydrogen) atoms. The Bertz CT molecular complexity index is 313. The first-order valence-corrected chi connectivity index (χ1v) is 9.67. The second-order valence-corrected chi connectivity index (χ2v) is 11.0. The maximum Gasteiger partial charge on any atom is 0.192 e. The minimum absolute atomic E-state index is 0.0918. The zero-order valence-electron chi connectivity index (χ0n) is 13.5. The average molecular weight is 303 g/mol. The molecule has 6 heteroatoms. The zero-order valence-corrected chi connectivity index (χ0v) is 14.5. The Hall–Kier alpha value is -0.693. The molecule has 0 amide bonds. The third kappa shape index (κ3) is 6.17. The van der Waals surface area contributed by atoms with E-state index in [9.17, 15) is 0 Å². The fraction of sp³-hybridized carbons (Fsp3) is 0.786. The summed E-state index contributed by atoms with van der Waals surface area (Å²) in [5.74, 6) is 0. The van der Waals surface area contributed by atoms with E-state index in [0.29, 0.717) is 6.42 Å². The van der Waals surface area contributed by atoms with Crippen LogP contribution in [0, 0.1) is 0 Å². The molecule has 0 aliphatic rings. The van der Waals surface area contributed by atoms with Gasteiger partial charge in [-0.1, -0.05) is 26.8 Å². The van der Waals surface area contributed by atoms with Gasteiger partial charge in [-0.15, -0.1) is 11.7 Å². The van der Waals surface area contributed by atoms with Gasteiger partial charge in [-0.3, -0.25) is 0 Å². The Morgan fingerprint density at radius 3 is 2.35 bits per heavy atom. The minimum Gasteiger partial charge on any atom is -0.411 e. The molecule has 0 aromatic carbocycles. The molecule has 0 saturated carbocycles. The summed E-state index contributed by atoms with van der Waals surface area (Å²) in [6.07, 6.45) is 3.04. The minimum atomic E-state index is -1.95. The quantitative estimate of drug-likeness (QED) is 0.177. The first-order chi connectivity index (χ1) is 9.19. The van der Waals surface area contributed by atoms with Crippen LogP contribution in [0.25, 0.3) is 0 Å². The average Bonchev–Trinajstić information content (AvgIpc) is 2.34. The molecule has 0 aromatic heterocycles. The van der Waals surface area contributed by atoms with Crippen molar-refractivity contribution in [2.24, 2.45) is 5.16 Å². The van der Waals surface area contributed by atoms with Gasteiger partial charge in [0.1, 0.15) is 12.9 Å². The third-order valence-electron chi connectivity index (χ3n) is 3.65. The first-order valence-electron chi connectivity index (χ1n) is 6.76. The number of ether oxygens (including phenoxy) is 2. The monoisotopic (exact) mass is 303 g/mol. The maximum absolute atomic E-state index is 8.64. The molecule has 0 aromatic rings. The second-order valence-electron chi connectivity index (χ2n) is 6.22. The van der Waals surface area contributed by atoms with Gasteiger partial charge < -0.3 is 19.1 Å². The molecule has 2 atom stereocenters. The Labute approximate surface area is 123 Å². The Balaban J connectivity index is 4.99. The summed E-state index contributed by atoms with van der Waals surface area (Å²) in [6.45, 7) is 14.8. The molecule has 0 rings (SSSR count). The van der Waals surface area contributed by atoms with Crippen LogP contribution >= 0.6 is 0 Å². The van der Waals surface area contributed by atoms with E-state index in [0.717, 1.165) is 0 Å². The Morgan fingerprint density at radius 2 is 1.95 bits per heavy atom. The van der Waals surface area contributed by atoms with Crippen LogP contribution in [0.5, 0.6) is 0 Å². The summed E-state index contributed by atoms with van der Waals surface area (Å²) < 4.78 is 16.8. The lowest BCUT2D eigenvalue weighted by Gasteiger charge is -2.40. The van der Waals surface area contributed by atoms with Crippen molar-refractivity contribution >= 4 is 14.5 Å². The van der Waals surface area contributed by atoms with Crippen LogP contribution in [-0.2, 0) is 13.9 Å². The van der Waals surface area contributed by atoms with Gasteiger partial charge in [-0.2, -0.15) is 0 Å². The summed E-state index contributed by atoms with van der Waals surface area (Å²) in [6, 6.07) is 0. The lowest BCUT2D eigenvalue weighted by molar-refractivity contribution is -0.0880. The topological polar surface area (TPSA) is 60.3 Å². The Kier molecular flexibility index (Phi) is 8.27. The van der Waals surface area contributed by atoms with Gasteiger partial charge in [0.2, 0.25) is 0 Å². The van der Waals surface area contributed by atoms with E-state index >= 15 is 0 Å². The standard InChI is InChI=1S/C14H29NO4Si/c1-8-12(18-11-17-5)13(9-10-15-16)19-20(6,7)14(2,3)4/h8,10,12-13,16H,1,9,11H2,2-7H3/b15-10+/t12-,13+/m0/s1. The molecule has 0 radical (unpaired) electrons. The van der Waals surface area contributed by atoms with Crippen molar-refractivity contribution in [3.63, 3.8) is 0 Å². The van der Waals surface area contributed by atoms with Crippen LogP contribution < -0.4 is 0 Å².